The molecule has 0 bridgehead atoms. The van der Waals surface area contributed by atoms with Gasteiger partial charge in [0.25, 0.3) is 6.33 Å². The molecule has 0 aliphatic rings. The van der Waals surface area contributed by atoms with E-state index in [4.69, 9.17) is 9.72 Å². The first-order chi connectivity index (χ1) is 33.0. The quantitative estimate of drug-likeness (QED) is 0.101. The molecule has 5 nitrogen and oxygen atoms in total. The molecule has 9 aromatic rings. The summed E-state index contributed by atoms with van der Waals surface area (Å²) < 4.78 is 13.7. The summed E-state index contributed by atoms with van der Waals surface area (Å²) in [6.45, 7) is 34.3. The molecule has 0 radical (unpaired) electrons. The zero-order chi connectivity index (χ0) is 50.1. The largest absolute Gasteiger partial charge is 0.510 e. The molecule has 71 heavy (non-hydrogen) atoms. The van der Waals surface area contributed by atoms with E-state index in [1.54, 1.807) is 0 Å². The number of hydrogen-bond donors (Lipinski definition) is 0. The molecule has 0 aliphatic heterocycles. The van der Waals surface area contributed by atoms with Crippen molar-refractivity contribution in [2.24, 2.45) is 0 Å². The van der Waals surface area contributed by atoms with Crippen LogP contribution in [0.4, 0.5) is 0 Å². The van der Waals surface area contributed by atoms with Crippen LogP contribution in [0.1, 0.15) is 155 Å². The fraction of sp³-hybridized carbons (Fsp3) is 0.323. The summed E-state index contributed by atoms with van der Waals surface area (Å²) in [5, 5.41) is 2.21. The van der Waals surface area contributed by atoms with E-state index >= 15 is 0 Å². The van der Waals surface area contributed by atoms with Gasteiger partial charge in [-0.1, -0.05) is 182 Å². The Balaban J connectivity index is 0.00000676. The van der Waals surface area contributed by atoms with Crippen LogP contribution in [0.15, 0.2) is 140 Å². The monoisotopic (exact) mass is 1120 g/mol. The van der Waals surface area contributed by atoms with E-state index in [0.717, 1.165) is 50.3 Å². The first kappa shape index (κ1) is 51.3. The predicted octanol–water partition coefficient (Wildman–Crippen LogP) is 16.6. The van der Waals surface area contributed by atoms with Gasteiger partial charge in [0.2, 0.25) is 0 Å². The molecule has 0 saturated carbocycles. The number of pyridine rings is 1. The summed E-state index contributed by atoms with van der Waals surface area (Å²) in [6.07, 6.45) is 8.00. The Morgan fingerprint density at radius 2 is 1.20 bits per heavy atom. The molecule has 0 spiro atoms. The molecule has 9 rings (SSSR count). The normalized spacial score (nSPS) is 12.6. The Bertz CT molecular complexity index is 3330. The average molecular weight is 1120 g/mol. The Kier molecular flexibility index (Phi) is 13.9. The van der Waals surface area contributed by atoms with Crippen molar-refractivity contribution in [3.05, 3.63) is 197 Å². The van der Waals surface area contributed by atoms with Crippen molar-refractivity contribution in [2.45, 2.75) is 137 Å². The summed E-state index contributed by atoms with van der Waals surface area (Å²) in [7, 11) is 0. The second kappa shape index (κ2) is 19.2. The molecule has 6 aromatic carbocycles. The second-order valence-corrected chi connectivity index (χ2v) is 23.5. The molecule has 0 fully saturated rings. The van der Waals surface area contributed by atoms with Crippen LogP contribution in [0.3, 0.4) is 0 Å². The molecule has 3 aromatic heterocycles. The van der Waals surface area contributed by atoms with E-state index in [1.165, 1.54) is 38.9 Å². The van der Waals surface area contributed by atoms with E-state index in [-0.39, 0.29) is 42.7 Å². The van der Waals surface area contributed by atoms with Crippen LogP contribution in [0.2, 0.25) is 0 Å². The average Bonchev–Trinajstić information content (AvgIpc) is 3.92. The summed E-state index contributed by atoms with van der Waals surface area (Å²) in [5.74, 6) is 2.62. The van der Waals surface area contributed by atoms with Crippen molar-refractivity contribution in [2.75, 3.05) is 0 Å². The fourth-order valence-corrected chi connectivity index (χ4v) is 9.81. The van der Waals surface area contributed by atoms with Gasteiger partial charge in [0.1, 0.15) is 5.82 Å². The van der Waals surface area contributed by atoms with Gasteiger partial charge in [0, 0.05) is 55.9 Å². The molecule has 0 aliphatic carbocycles. The third-order valence-electron chi connectivity index (χ3n) is 14.1. The van der Waals surface area contributed by atoms with E-state index in [2.05, 4.69) is 264 Å². The molecule has 3 heterocycles. The number of benzene rings is 6. The van der Waals surface area contributed by atoms with Crippen molar-refractivity contribution in [1.29, 1.82) is 0 Å². The third kappa shape index (κ3) is 10.1. The zero-order valence-corrected chi connectivity index (χ0v) is 46.7. The smallest absolute Gasteiger partial charge is 0.267 e. The molecule has 0 unspecified atom stereocenters. The number of imidazole rings is 1. The molecular formula is C65H70N4OPt-2. The molecule has 0 amide bonds. The maximum Gasteiger partial charge on any atom is 0.267 e. The van der Waals surface area contributed by atoms with Gasteiger partial charge in [0.15, 0.2) is 0 Å². The third-order valence-corrected chi connectivity index (χ3v) is 14.1. The van der Waals surface area contributed by atoms with Crippen LogP contribution in [0.25, 0.3) is 50.1 Å². The summed E-state index contributed by atoms with van der Waals surface area (Å²) in [6, 6.07) is 53.5. The number of hydrogen-bond acceptors (Lipinski definition) is 2. The Morgan fingerprint density at radius 3 is 1.82 bits per heavy atom. The van der Waals surface area contributed by atoms with Gasteiger partial charge >= 0.3 is 0 Å². The molecule has 0 N–H and O–H groups in total. The molecule has 368 valence electrons. The minimum atomic E-state index is -0.242. The van der Waals surface area contributed by atoms with Crippen molar-refractivity contribution in [3.63, 3.8) is 0 Å². The Morgan fingerprint density at radius 1 is 0.563 bits per heavy atom. The van der Waals surface area contributed by atoms with E-state index in [1.807, 2.05) is 12.3 Å². The molecular weight excluding hydrogens is 1050 g/mol. The standard InChI is InChI=1S/C65H70N4O.Pt/c1-42(2)53-25-21-26-54(43(3)4)61(53)44-32-49(67-40-59(64(11,12)13)68(41-67)50-35-47(62(5,6)7)34-48(36-50)63(8,9)10)38-52(33-44)70-51-28-29-56-55-24-19-20-27-57(55)69(58(56)39-51)60-37-46(30-31-66-60)65(14,15)45-22-17-16-18-23-45;/h16-37,40,42-43H,1-15H3;/q-2;. The van der Waals surface area contributed by atoms with Crippen LogP contribution >= 0.6 is 0 Å². The SMILES string of the molecule is CC(C)c1cccc(C(C)C)c1-c1cc(Oc2[c-]c3c(cc2)c2ccccc2n3-c2cc(C(C)(C)c3ccccc3)ccn2)[c-]c(-n2[c-][n+](-c3cc(C(C)(C)C)cc(C(C)(C)C)c3)c(C(C)(C)C)c2)c1.[Pt]. The number of rotatable bonds is 10. The molecule has 6 heteroatoms. The van der Waals surface area contributed by atoms with Gasteiger partial charge in [-0.05, 0) is 108 Å². The zero-order valence-electron chi connectivity index (χ0n) is 44.4. The van der Waals surface area contributed by atoms with Crippen LogP contribution in [0.5, 0.6) is 11.5 Å². The van der Waals surface area contributed by atoms with E-state index < -0.39 is 0 Å². The van der Waals surface area contributed by atoms with Gasteiger partial charge in [-0.15, -0.1) is 35.2 Å². The topological polar surface area (TPSA) is 35.9 Å². The number of ether oxygens (including phenoxy) is 1. The van der Waals surface area contributed by atoms with Crippen molar-refractivity contribution in [1.82, 2.24) is 14.1 Å². The van der Waals surface area contributed by atoms with Gasteiger partial charge in [-0.3, -0.25) is 4.57 Å². The van der Waals surface area contributed by atoms with Crippen LogP contribution in [0, 0.1) is 18.5 Å². The van der Waals surface area contributed by atoms with Gasteiger partial charge in [-0.2, -0.15) is 12.1 Å². The first-order valence-electron chi connectivity index (χ1n) is 25.1. The van der Waals surface area contributed by atoms with Crippen molar-refractivity contribution in [3.8, 4) is 39.8 Å². The van der Waals surface area contributed by atoms with Gasteiger partial charge in [-0.25, -0.2) is 4.98 Å². The minimum absolute atomic E-state index is 0. The summed E-state index contributed by atoms with van der Waals surface area (Å²) >= 11 is 0. The molecule has 0 atom stereocenters. The maximum atomic E-state index is 7.05. The minimum Gasteiger partial charge on any atom is -0.510 e. The van der Waals surface area contributed by atoms with Crippen molar-refractivity contribution >= 4 is 21.8 Å². The predicted molar refractivity (Wildman–Crippen MR) is 291 cm³/mol. The van der Waals surface area contributed by atoms with Crippen molar-refractivity contribution < 1.29 is 30.4 Å². The van der Waals surface area contributed by atoms with Gasteiger partial charge in [0.05, 0.1) is 11.4 Å². The van der Waals surface area contributed by atoms with Gasteiger partial charge < -0.3 is 13.9 Å². The summed E-state index contributed by atoms with van der Waals surface area (Å²) in [5.41, 5.74) is 14.4. The number of para-hydroxylation sites is 1. The van der Waals surface area contributed by atoms with Crippen LogP contribution < -0.4 is 9.30 Å². The van der Waals surface area contributed by atoms with Crippen LogP contribution in [-0.2, 0) is 42.7 Å². The van der Waals surface area contributed by atoms with Crippen LogP contribution in [-0.4, -0.2) is 14.1 Å². The molecule has 0 saturated heterocycles. The number of fused-ring (bicyclic) bond motifs is 3. The number of aromatic nitrogens is 4. The maximum absolute atomic E-state index is 7.05. The second-order valence-electron chi connectivity index (χ2n) is 23.5. The van der Waals surface area contributed by atoms with E-state index in [0.29, 0.717) is 23.3 Å². The fourth-order valence-electron chi connectivity index (χ4n) is 9.81. The Hall–Kier alpha value is -6.03. The first-order valence-corrected chi connectivity index (χ1v) is 25.1. The summed E-state index contributed by atoms with van der Waals surface area (Å²) in [4.78, 5) is 5.01. The van der Waals surface area contributed by atoms with E-state index in [9.17, 15) is 0 Å². The Labute approximate surface area is 438 Å². The number of nitrogens with zero attached hydrogens (tertiary/aromatic N) is 4.